The summed E-state index contributed by atoms with van der Waals surface area (Å²) in [6, 6.07) is 8.12. The number of rotatable bonds is 7. The molecule has 2 N–H and O–H groups in total. The molecule has 2 amide bonds. The van der Waals surface area contributed by atoms with Crippen LogP contribution in [-0.4, -0.2) is 59.2 Å². The zero-order valence-electron chi connectivity index (χ0n) is 19.2. The summed E-state index contributed by atoms with van der Waals surface area (Å²) in [5.41, 5.74) is 1.86. The van der Waals surface area contributed by atoms with Crippen LogP contribution in [0.4, 0.5) is 4.39 Å². The van der Waals surface area contributed by atoms with E-state index < -0.39 is 11.7 Å². The molecule has 8 nitrogen and oxygen atoms in total. The molecule has 0 unspecified atom stereocenters. The second kappa shape index (κ2) is 10.0. The molecule has 1 fully saturated rings. The van der Waals surface area contributed by atoms with Gasteiger partial charge in [0.05, 0.1) is 12.2 Å². The quantitative estimate of drug-likeness (QED) is 0.411. The van der Waals surface area contributed by atoms with E-state index in [1.165, 1.54) is 25.4 Å². The van der Waals surface area contributed by atoms with Gasteiger partial charge in [-0.25, -0.2) is 4.39 Å². The van der Waals surface area contributed by atoms with Crippen molar-refractivity contribution in [3.05, 3.63) is 59.0 Å². The van der Waals surface area contributed by atoms with Gasteiger partial charge in [-0.2, -0.15) is 4.98 Å². The Morgan fingerprint density at radius 1 is 1.18 bits per heavy atom. The van der Waals surface area contributed by atoms with Gasteiger partial charge in [0.2, 0.25) is 5.88 Å². The number of Topliss-reactive ketones (excluding diaryl/α,β-unsaturated/α-hetero) is 1. The topological polar surface area (TPSA) is 104 Å². The molecular formula is C25H27FN4O4. The number of carbonyl (C=O) groups is 3. The van der Waals surface area contributed by atoms with Gasteiger partial charge in [0, 0.05) is 31.7 Å². The van der Waals surface area contributed by atoms with Gasteiger partial charge in [0.25, 0.3) is 17.6 Å². The van der Waals surface area contributed by atoms with E-state index in [2.05, 4.69) is 15.3 Å². The number of H-pyrrole nitrogens is 1. The van der Waals surface area contributed by atoms with Crippen LogP contribution in [0.1, 0.15) is 46.0 Å². The first-order chi connectivity index (χ1) is 16.4. The van der Waals surface area contributed by atoms with E-state index in [9.17, 15) is 18.8 Å². The largest absolute Gasteiger partial charge is 0.477 e. The Kier molecular flexibility index (Phi) is 6.90. The molecule has 34 heavy (non-hydrogen) atoms. The predicted molar refractivity (Wildman–Crippen MR) is 124 cm³/mol. The van der Waals surface area contributed by atoms with Crippen LogP contribution >= 0.6 is 0 Å². The van der Waals surface area contributed by atoms with Crippen LogP contribution in [0.25, 0.3) is 11.0 Å². The third-order valence-corrected chi connectivity index (χ3v) is 6.16. The van der Waals surface area contributed by atoms with Gasteiger partial charge in [-0.3, -0.25) is 14.4 Å². The number of ether oxygens (including phenoxy) is 1. The molecule has 0 radical (unpaired) electrons. The van der Waals surface area contributed by atoms with Crippen LogP contribution < -0.4 is 10.1 Å². The SMILES string of the molecule is CCOc1nc2[nH]cc(C(=O)C(=O)NC)c2cc1C(=O)N1CCC(Cc2ccc(F)cc2)CC1. The number of amides is 2. The van der Waals surface area contributed by atoms with Crippen molar-refractivity contribution in [1.82, 2.24) is 20.2 Å². The molecule has 0 atom stereocenters. The molecule has 1 aliphatic rings. The normalized spacial score (nSPS) is 14.3. The smallest absolute Gasteiger partial charge is 0.292 e. The molecule has 0 spiro atoms. The van der Waals surface area contributed by atoms with E-state index in [0.717, 1.165) is 24.8 Å². The Balaban J connectivity index is 1.54. The van der Waals surface area contributed by atoms with E-state index in [-0.39, 0.29) is 28.7 Å². The highest BCUT2D eigenvalue weighted by Crippen LogP contribution is 2.29. The molecule has 2 aromatic heterocycles. The molecule has 4 rings (SSSR count). The number of nitrogens with one attached hydrogen (secondary N) is 2. The number of halogens is 1. The number of aromatic amines is 1. The molecule has 0 saturated carbocycles. The second-order valence-corrected chi connectivity index (χ2v) is 8.35. The maximum Gasteiger partial charge on any atom is 0.292 e. The number of hydrogen-bond acceptors (Lipinski definition) is 5. The Morgan fingerprint density at radius 3 is 2.53 bits per heavy atom. The zero-order valence-corrected chi connectivity index (χ0v) is 19.2. The van der Waals surface area contributed by atoms with Gasteiger partial charge in [-0.05, 0) is 55.9 Å². The predicted octanol–water partition coefficient (Wildman–Crippen LogP) is 3.12. The minimum absolute atomic E-state index is 0.150. The standard InChI is InChI=1S/C25H27FN4O4/c1-3-34-24-19(13-18-20(14-28-22(18)29-24)21(31)23(32)27-2)25(33)30-10-8-16(9-11-30)12-15-4-6-17(26)7-5-15/h4-7,13-14,16H,3,8-12H2,1-2H3,(H,27,32)(H,28,29). The average Bonchev–Trinajstić information content (AvgIpc) is 3.27. The number of aromatic nitrogens is 2. The third kappa shape index (κ3) is 4.78. The molecule has 1 saturated heterocycles. The van der Waals surface area contributed by atoms with Crippen molar-refractivity contribution in [2.75, 3.05) is 26.7 Å². The molecule has 9 heteroatoms. The van der Waals surface area contributed by atoms with E-state index in [0.29, 0.717) is 36.6 Å². The van der Waals surface area contributed by atoms with Crippen LogP contribution in [0.3, 0.4) is 0 Å². The van der Waals surface area contributed by atoms with Crippen LogP contribution in [-0.2, 0) is 11.2 Å². The number of ketones is 1. The van der Waals surface area contributed by atoms with Crippen LogP contribution in [0.5, 0.6) is 5.88 Å². The summed E-state index contributed by atoms with van der Waals surface area (Å²) in [6.07, 6.45) is 3.91. The molecule has 178 valence electrons. The monoisotopic (exact) mass is 466 g/mol. The van der Waals surface area contributed by atoms with Crippen molar-refractivity contribution < 1.29 is 23.5 Å². The summed E-state index contributed by atoms with van der Waals surface area (Å²) >= 11 is 0. The van der Waals surface area contributed by atoms with Gasteiger partial charge in [-0.1, -0.05) is 12.1 Å². The maximum absolute atomic E-state index is 13.4. The Hall–Kier alpha value is -3.75. The van der Waals surface area contributed by atoms with E-state index >= 15 is 0 Å². The Morgan fingerprint density at radius 2 is 1.88 bits per heavy atom. The van der Waals surface area contributed by atoms with Crippen LogP contribution in [0.15, 0.2) is 36.5 Å². The highest BCUT2D eigenvalue weighted by atomic mass is 19.1. The summed E-state index contributed by atoms with van der Waals surface area (Å²) in [4.78, 5) is 46.8. The minimum Gasteiger partial charge on any atom is -0.477 e. The lowest BCUT2D eigenvalue weighted by atomic mass is 9.90. The number of carbonyl (C=O) groups excluding carboxylic acids is 3. The third-order valence-electron chi connectivity index (χ3n) is 6.16. The van der Waals surface area contributed by atoms with E-state index in [1.54, 1.807) is 30.0 Å². The highest BCUT2D eigenvalue weighted by Gasteiger charge is 2.28. The lowest BCUT2D eigenvalue weighted by molar-refractivity contribution is -0.116. The van der Waals surface area contributed by atoms with Gasteiger partial charge in [0.15, 0.2) is 0 Å². The first-order valence-electron chi connectivity index (χ1n) is 11.4. The van der Waals surface area contributed by atoms with Crippen molar-refractivity contribution in [2.24, 2.45) is 5.92 Å². The van der Waals surface area contributed by atoms with Crippen molar-refractivity contribution in [3.8, 4) is 5.88 Å². The Bertz CT molecular complexity index is 1210. The number of piperidine rings is 1. The van der Waals surface area contributed by atoms with E-state index in [4.69, 9.17) is 4.74 Å². The van der Waals surface area contributed by atoms with Crippen LogP contribution in [0.2, 0.25) is 0 Å². The van der Waals surface area contributed by atoms with Gasteiger partial charge < -0.3 is 19.9 Å². The first-order valence-corrected chi connectivity index (χ1v) is 11.4. The fourth-order valence-corrected chi connectivity index (χ4v) is 4.32. The fourth-order valence-electron chi connectivity index (χ4n) is 4.32. The second-order valence-electron chi connectivity index (χ2n) is 8.35. The molecule has 1 aliphatic heterocycles. The number of likely N-dealkylation sites (tertiary alicyclic amines) is 1. The minimum atomic E-state index is -0.745. The lowest BCUT2D eigenvalue weighted by Crippen LogP contribution is -2.39. The summed E-state index contributed by atoms with van der Waals surface area (Å²) in [7, 11) is 1.38. The number of nitrogens with zero attached hydrogens (tertiary/aromatic N) is 2. The van der Waals surface area contributed by atoms with E-state index in [1.807, 2.05) is 0 Å². The van der Waals surface area contributed by atoms with Crippen LogP contribution in [0, 0.1) is 11.7 Å². The van der Waals surface area contributed by atoms with Gasteiger partial charge >= 0.3 is 0 Å². The summed E-state index contributed by atoms with van der Waals surface area (Å²) in [5.74, 6) is -1.33. The number of likely N-dealkylation sites (N-methyl/N-ethyl adjacent to an activating group) is 1. The van der Waals surface area contributed by atoms with Crippen molar-refractivity contribution in [1.29, 1.82) is 0 Å². The fraction of sp³-hybridized carbons (Fsp3) is 0.360. The summed E-state index contributed by atoms with van der Waals surface area (Å²) in [5, 5.41) is 2.72. The molecule has 1 aromatic carbocycles. The first kappa shape index (κ1) is 23.4. The number of benzene rings is 1. The van der Waals surface area contributed by atoms with Crippen molar-refractivity contribution in [2.45, 2.75) is 26.2 Å². The lowest BCUT2D eigenvalue weighted by Gasteiger charge is -2.32. The summed E-state index contributed by atoms with van der Waals surface area (Å²) in [6.45, 7) is 3.27. The van der Waals surface area contributed by atoms with Crippen molar-refractivity contribution >= 4 is 28.6 Å². The van der Waals surface area contributed by atoms with Gasteiger partial charge in [-0.15, -0.1) is 0 Å². The molecule has 0 bridgehead atoms. The molecule has 0 aliphatic carbocycles. The van der Waals surface area contributed by atoms with Gasteiger partial charge in [0.1, 0.15) is 17.0 Å². The average molecular weight is 467 g/mol. The highest BCUT2D eigenvalue weighted by molar-refractivity contribution is 6.44. The number of hydrogen-bond donors (Lipinski definition) is 2. The maximum atomic E-state index is 13.4. The van der Waals surface area contributed by atoms with Crippen molar-refractivity contribution in [3.63, 3.8) is 0 Å². The molecule has 3 aromatic rings. The zero-order chi connectivity index (χ0) is 24.2. The summed E-state index contributed by atoms with van der Waals surface area (Å²) < 4.78 is 18.8. The number of fused-ring (bicyclic) bond motifs is 1. The number of pyridine rings is 1. The Labute approximate surface area is 196 Å². The molecule has 3 heterocycles. The molecular weight excluding hydrogens is 439 g/mol.